The van der Waals surface area contributed by atoms with E-state index < -0.39 is 47.1 Å². The standard InChI is InChI=1S/C9H9F2NO4/c10-7-4(13)1-5(14)8(11)6(7)3(2-12)9(15)16/h1,3,13-14H,2,12H2,(H,15,16). The Balaban J connectivity index is 3.47. The normalized spacial score (nSPS) is 12.4. The minimum Gasteiger partial charge on any atom is -0.505 e. The van der Waals surface area contributed by atoms with Crippen LogP contribution < -0.4 is 5.73 Å². The molecule has 7 heteroatoms. The summed E-state index contributed by atoms with van der Waals surface area (Å²) in [6, 6.07) is 0.448. The fourth-order valence-corrected chi connectivity index (χ4v) is 1.28. The van der Waals surface area contributed by atoms with Gasteiger partial charge in [0.05, 0.1) is 5.92 Å². The summed E-state index contributed by atoms with van der Waals surface area (Å²) < 4.78 is 26.6. The molecule has 0 spiro atoms. The Labute approximate surface area is 88.7 Å². The van der Waals surface area contributed by atoms with Gasteiger partial charge in [-0.15, -0.1) is 0 Å². The van der Waals surface area contributed by atoms with Crippen molar-refractivity contribution in [2.45, 2.75) is 5.92 Å². The SMILES string of the molecule is NCC(C(=O)O)c1c(F)c(O)cc(O)c1F. The van der Waals surface area contributed by atoms with Crippen molar-refractivity contribution in [3.05, 3.63) is 23.3 Å². The molecule has 16 heavy (non-hydrogen) atoms. The molecule has 1 aromatic carbocycles. The first kappa shape index (κ1) is 12.2. The number of phenolic OH excluding ortho intramolecular Hbond substituents is 2. The van der Waals surface area contributed by atoms with Crippen LogP contribution in [0.2, 0.25) is 0 Å². The van der Waals surface area contributed by atoms with Gasteiger partial charge in [-0.1, -0.05) is 0 Å². The molecule has 1 rings (SSSR count). The van der Waals surface area contributed by atoms with E-state index in [0.29, 0.717) is 6.07 Å². The second-order valence-corrected chi connectivity index (χ2v) is 3.08. The van der Waals surface area contributed by atoms with Crippen LogP contribution in [0.25, 0.3) is 0 Å². The molecule has 0 aromatic heterocycles. The summed E-state index contributed by atoms with van der Waals surface area (Å²) in [5.41, 5.74) is 4.11. The fourth-order valence-electron chi connectivity index (χ4n) is 1.28. The third-order valence-electron chi connectivity index (χ3n) is 2.08. The minimum atomic E-state index is -1.67. The van der Waals surface area contributed by atoms with Gasteiger partial charge >= 0.3 is 5.97 Å². The first-order valence-electron chi connectivity index (χ1n) is 4.22. The van der Waals surface area contributed by atoms with Gasteiger partial charge < -0.3 is 21.1 Å². The average molecular weight is 233 g/mol. The third-order valence-corrected chi connectivity index (χ3v) is 2.08. The molecule has 0 aliphatic carbocycles. The molecule has 5 N–H and O–H groups in total. The van der Waals surface area contributed by atoms with Crippen LogP contribution in [0.5, 0.6) is 11.5 Å². The van der Waals surface area contributed by atoms with Crippen molar-refractivity contribution in [1.29, 1.82) is 0 Å². The summed E-state index contributed by atoms with van der Waals surface area (Å²) >= 11 is 0. The summed E-state index contributed by atoms with van der Waals surface area (Å²) in [7, 11) is 0. The molecule has 1 atom stereocenters. The largest absolute Gasteiger partial charge is 0.505 e. The van der Waals surface area contributed by atoms with Gasteiger partial charge in [0.1, 0.15) is 0 Å². The highest BCUT2D eigenvalue weighted by Gasteiger charge is 2.29. The van der Waals surface area contributed by atoms with Crippen LogP contribution in [-0.4, -0.2) is 27.8 Å². The smallest absolute Gasteiger partial charge is 0.312 e. The molecule has 1 unspecified atom stereocenters. The zero-order chi connectivity index (χ0) is 12.5. The Kier molecular flexibility index (Phi) is 3.28. The van der Waals surface area contributed by atoms with Crippen molar-refractivity contribution in [2.75, 3.05) is 6.54 Å². The molecular weight excluding hydrogens is 224 g/mol. The molecule has 0 saturated heterocycles. The average Bonchev–Trinajstić information content (AvgIpc) is 2.21. The molecule has 0 saturated carbocycles. The van der Waals surface area contributed by atoms with E-state index in [9.17, 15) is 13.6 Å². The molecular formula is C9H9F2NO4. The minimum absolute atomic E-state index is 0.448. The highest BCUT2D eigenvalue weighted by molar-refractivity contribution is 5.77. The first-order valence-corrected chi connectivity index (χ1v) is 4.22. The molecule has 0 bridgehead atoms. The maximum Gasteiger partial charge on any atom is 0.312 e. The number of carboxylic acids is 1. The predicted molar refractivity (Wildman–Crippen MR) is 49.1 cm³/mol. The number of halogens is 2. The Morgan fingerprint density at radius 1 is 1.31 bits per heavy atom. The topological polar surface area (TPSA) is 104 Å². The summed E-state index contributed by atoms with van der Waals surface area (Å²) in [4.78, 5) is 10.7. The summed E-state index contributed by atoms with van der Waals surface area (Å²) in [5, 5.41) is 26.7. The van der Waals surface area contributed by atoms with E-state index in [1.54, 1.807) is 0 Å². The Morgan fingerprint density at radius 3 is 2.06 bits per heavy atom. The summed E-state index contributed by atoms with van der Waals surface area (Å²) in [6.07, 6.45) is 0. The van der Waals surface area contributed by atoms with Gasteiger partial charge in [-0.3, -0.25) is 4.79 Å². The number of aromatic hydroxyl groups is 2. The van der Waals surface area contributed by atoms with E-state index >= 15 is 0 Å². The van der Waals surface area contributed by atoms with Gasteiger partial charge in [0.15, 0.2) is 23.1 Å². The lowest BCUT2D eigenvalue weighted by molar-refractivity contribution is -0.138. The van der Waals surface area contributed by atoms with Crippen molar-refractivity contribution in [3.63, 3.8) is 0 Å². The van der Waals surface area contributed by atoms with E-state index in [2.05, 4.69) is 0 Å². The van der Waals surface area contributed by atoms with Crippen LogP contribution in [0, 0.1) is 11.6 Å². The maximum absolute atomic E-state index is 13.3. The Hall–Kier alpha value is -1.89. The predicted octanol–water partition coefficient (Wildman–Crippen LogP) is 0.503. The zero-order valence-corrected chi connectivity index (χ0v) is 7.94. The summed E-state index contributed by atoms with van der Waals surface area (Å²) in [5.74, 6) is -8.16. The summed E-state index contributed by atoms with van der Waals surface area (Å²) in [6.45, 7) is -0.563. The number of aliphatic carboxylic acids is 1. The van der Waals surface area contributed by atoms with Crippen LogP contribution in [0.3, 0.4) is 0 Å². The molecule has 1 aromatic rings. The van der Waals surface area contributed by atoms with Gasteiger partial charge in [-0.05, 0) is 0 Å². The Morgan fingerprint density at radius 2 is 1.75 bits per heavy atom. The molecule has 0 radical (unpaired) electrons. The molecule has 5 nitrogen and oxygen atoms in total. The van der Waals surface area contributed by atoms with Crippen molar-refractivity contribution < 1.29 is 28.9 Å². The van der Waals surface area contributed by atoms with Crippen LogP contribution in [-0.2, 0) is 4.79 Å². The molecule has 88 valence electrons. The van der Waals surface area contributed by atoms with Crippen molar-refractivity contribution in [2.24, 2.45) is 5.73 Å². The molecule has 0 amide bonds. The van der Waals surface area contributed by atoms with Crippen molar-refractivity contribution in [3.8, 4) is 11.5 Å². The number of hydrogen-bond acceptors (Lipinski definition) is 4. The number of rotatable bonds is 3. The quantitative estimate of drug-likeness (QED) is 0.608. The highest BCUT2D eigenvalue weighted by atomic mass is 19.1. The first-order chi connectivity index (χ1) is 7.40. The number of phenols is 2. The lowest BCUT2D eigenvalue weighted by atomic mass is 9.97. The van der Waals surface area contributed by atoms with Crippen LogP contribution >= 0.6 is 0 Å². The van der Waals surface area contributed by atoms with Crippen molar-refractivity contribution in [1.82, 2.24) is 0 Å². The number of benzene rings is 1. The number of nitrogens with two attached hydrogens (primary N) is 1. The molecule has 0 aliphatic heterocycles. The second-order valence-electron chi connectivity index (χ2n) is 3.08. The monoisotopic (exact) mass is 233 g/mol. The second kappa shape index (κ2) is 4.31. The number of hydrogen-bond donors (Lipinski definition) is 4. The van der Waals surface area contributed by atoms with E-state index in [4.69, 9.17) is 21.1 Å². The molecule has 0 heterocycles. The van der Waals surface area contributed by atoms with Crippen LogP contribution in [0.4, 0.5) is 8.78 Å². The van der Waals surface area contributed by atoms with Gasteiger partial charge in [0.25, 0.3) is 0 Å². The van der Waals surface area contributed by atoms with Gasteiger partial charge in [0, 0.05) is 18.2 Å². The Bertz CT molecular complexity index is 410. The lowest BCUT2D eigenvalue weighted by Gasteiger charge is -2.13. The van der Waals surface area contributed by atoms with E-state index in [1.165, 1.54) is 0 Å². The van der Waals surface area contributed by atoms with Gasteiger partial charge in [-0.25, -0.2) is 8.78 Å². The third kappa shape index (κ3) is 1.89. The number of carboxylic acid groups (broad SMARTS) is 1. The fraction of sp³-hybridized carbons (Fsp3) is 0.222. The molecule has 0 fully saturated rings. The number of carbonyl (C=O) groups is 1. The highest BCUT2D eigenvalue weighted by Crippen LogP contribution is 2.34. The van der Waals surface area contributed by atoms with Crippen molar-refractivity contribution >= 4 is 5.97 Å². The zero-order valence-electron chi connectivity index (χ0n) is 7.94. The van der Waals surface area contributed by atoms with E-state index in [1.807, 2.05) is 0 Å². The van der Waals surface area contributed by atoms with Crippen LogP contribution in [0.1, 0.15) is 11.5 Å². The molecule has 0 aliphatic rings. The van der Waals surface area contributed by atoms with Gasteiger partial charge in [0.2, 0.25) is 0 Å². The van der Waals surface area contributed by atoms with Crippen LogP contribution in [0.15, 0.2) is 6.07 Å². The van der Waals surface area contributed by atoms with Gasteiger partial charge in [-0.2, -0.15) is 0 Å². The van der Waals surface area contributed by atoms with E-state index in [0.717, 1.165) is 0 Å². The van der Waals surface area contributed by atoms with E-state index in [-0.39, 0.29) is 0 Å². The lowest BCUT2D eigenvalue weighted by Crippen LogP contribution is -2.23. The maximum atomic E-state index is 13.3.